The number of hydrogen-bond acceptors (Lipinski definition) is 1. The predicted molar refractivity (Wildman–Crippen MR) is 251 cm³/mol. The van der Waals surface area contributed by atoms with Crippen molar-refractivity contribution in [3.05, 3.63) is 143 Å². The Morgan fingerprint density at radius 1 is 0.464 bits per heavy atom. The van der Waals surface area contributed by atoms with Crippen molar-refractivity contribution in [2.45, 2.75) is 104 Å². The molecule has 0 saturated heterocycles. The van der Waals surface area contributed by atoms with Crippen molar-refractivity contribution in [2.24, 2.45) is 0 Å². The number of thiophene rings is 1. The van der Waals surface area contributed by atoms with Gasteiger partial charge in [-0.3, -0.25) is 0 Å². The summed E-state index contributed by atoms with van der Waals surface area (Å²) in [4.78, 5) is 4.01. The fourth-order valence-electron chi connectivity index (χ4n) is 8.66. The summed E-state index contributed by atoms with van der Waals surface area (Å²) >= 11 is 1.98. The van der Waals surface area contributed by atoms with E-state index < -0.39 is 0 Å². The number of aromatic amines is 1. The molecule has 0 aliphatic rings. The molecule has 6 aromatic carbocycles. The van der Waals surface area contributed by atoms with Gasteiger partial charge in [-0.2, -0.15) is 0 Å². The molecule has 0 atom stereocenters. The van der Waals surface area contributed by atoms with Crippen LogP contribution in [0.5, 0.6) is 0 Å². The smallest absolute Gasteiger partial charge is 0.0551 e. The highest BCUT2D eigenvalue weighted by atomic mass is 32.1. The zero-order valence-corrected chi connectivity index (χ0v) is 34.3. The summed E-state index contributed by atoms with van der Waals surface area (Å²) in [6, 6.07) is 40.9. The molecular formula is C54H57NS. The van der Waals surface area contributed by atoms with E-state index in [9.17, 15) is 0 Å². The molecule has 1 nitrogen and oxygen atoms in total. The molecule has 2 heteroatoms. The fourth-order valence-corrected chi connectivity index (χ4v) is 9.98. The average molecular weight is 752 g/mol. The van der Waals surface area contributed by atoms with Crippen LogP contribution in [0.25, 0.3) is 77.1 Å². The van der Waals surface area contributed by atoms with E-state index in [1.807, 2.05) is 11.3 Å². The molecule has 8 rings (SSSR count). The van der Waals surface area contributed by atoms with Crippen LogP contribution < -0.4 is 0 Å². The molecule has 1 N–H and O–H groups in total. The molecule has 8 aromatic rings. The van der Waals surface area contributed by atoms with Gasteiger partial charge < -0.3 is 4.98 Å². The molecule has 0 saturated carbocycles. The Morgan fingerprint density at radius 2 is 1.00 bits per heavy atom. The number of aromatic nitrogens is 1. The van der Waals surface area contributed by atoms with E-state index in [0.29, 0.717) is 0 Å². The van der Waals surface area contributed by atoms with Crippen LogP contribution in [0.4, 0.5) is 0 Å². The minimum absolute atomic E-state index is 1.14. The Bertz CT molecular complexity index is 2420. The van der Waals surface area contributed by atoms with Crippen LogP contribution >= 0.6 is 11.3 Å². The van der Waals surface area contributed by atoms with Gasteiger partial charge in [-0.25, -0.2) is 0 Å². The molecule has 0 aliphatic heterocycles. The molecule has 284 valence electrons. The van der Waals surface area contributed by atoms with Crippen LogP contribution in [-0.4, -0.2) is 4.98 Å². The summed E-state index contributed by atoms with van der Waals surface area (Å²) in [7, 11) is 0. The van der Waals surface area contributed by atoms with Crippen molar-refractivity contribution in [3.8, 4) is 0 Å². The van der Waals surface area contributed by atoms with Crippen LogP contribution in [0.2, 0.25) is 0 Å². The molecule has 0 radical (unpaired) electrons. The molecule has 0 spiro atoms. The van der Waals surface area contributed by atoms with E-state index in [-0.39, 0.29) is 0 Å². The fraction of sp³-hybridized carbons (Fsp3) is 0.296. The Hall–Kier alpha value is -4.92. The molecule has 0 fully saturated rings. The van der Waals surface area contributed by atoms with Crippen molar-refractivity contribution in [1.82, 2.24) is 4.98 Å². The van der Waals surface area contributed by atoms with E-state index in [1.54, 1.807) is 0 Å². The highest BCUT2D eigenvalue weighted by Crippen LogP contribution is 2.45. The van der Waals surface area contributed by atoms with Gasteiger partial charge in [-0.15, -0.1) is 11.3 Å². The molecule has 2 heterocycles. The standard InChI is InChI=1S/C54H57NS/c1-3-5-7-9-11-15-25-41-29-33-45-49(35-41)55-53-47-37-44(32-28-40-23-19-14-20-24-40)52-46-34-30-42(26-16-12-10-8-6-4-2)36-50(46)56-54(52)48(47)38-43(51(45)53)31-27-39-21-17-13-18-22-39/h13-14,17-24,27-38,55H,3-12,15-16,25-26H2,1-2H3/b31-27+,32-28+. The van der Waals surface area contributed by atoms with Gasteiger partial charge in [0.05, 0.1) is 5.52 Å². The zero-order valence-electron chi connectivity index (χ0n) is 33.5. The lowest BCUT2D eigenvalue weighted by molar-refractivity contribution is 0.607. The first-order valence-corrected chi connectivity index (χ1v) is 22.4. The number of aryl methyl sites for hydroxylation is 2. The third-order valence-electron chi connectivity index (χ3n) is 11.7. The number of fused-ring (bicyclic) bond motifs is 9. The van der Waals surface area contributed by atoms with Gasteiger partial charge >= 0.3 is 0 Å². The van der Waals surface area contributed by atoms with E-state index in [1.165, 1.54) is 163 Å². The van der Waals surface area contributed by atoms with Gasteiger partial charge in [0.1, 0.15) is 0 Å². The van der Waals surface area contributed by atoms with Gasteiger partial charge in [0, 0.05) is 47.2 Å². The Morgan fingerprint density at radius 3 is 1.62 bits per heavy atom. The van der Waals surface area contributed by atoms with Gasteiger partial charge in [0.15, 0.2) is 0 Å². The molecule has 0 unspecified atom stereocenters. The quantitative estimate of drug-likeness (QED) is 0.0664. The summed E-state index contributed by atoms with van der Waals surface area (Å²) in [5.41, 5.74) is 10.3. The minimum atomic E-state index is 1.14. The topological polar surface area (TPSA) is 15.8 Å². The number of benzene rings is 6. The maximum Gasteiger partial charge on any atom is 0.0551 e. The monoisotopic (exact) mass is 751 g/mol. The van der Waals surface area contributed by atoms with Crippen molar-refractivity contribution in [3.63, 3.8) is 0 Å². The SMILES string of the molecule is CCCCCCCCc1ccc2c(c1)[nH]c1c3cc(/C=C/c4ccccc4)c4c5ccc(CCCCCCCC)cc5sc4c3cc(/C=C/c3ccccc3)c21. The van der Waals surface area contributed by atoms with Gasteiger partial charge in [-0.1, -0.05) is 187 Å². The van der Waals surface area contributed by atoms with Crippen LogP contribution in [0, 0.1) is 0 Å². The second-order valence-electron chi connectivity index (χ2n) is 15.9. The lowest BCUT2D eigenvalue weighted by Crippen LogP contribution is -1.87. The molecular weight excluding hydrogens is 695 g/mol. The Labute approximate surface area is 338 Å². The largest absolute Gasteiger partial charge is 0.354 e. The maximum atomic E-state index is 4.01. The summed E-state index contributed by atoms with van der Waals surface area (Å²) < 4.78 is 2.77. The molecule has 0 aliphatic carbocycles. The first-order valence-electron chi connectivity index (χ1n) is 21.6. The third-order valence-corrected chi connectivity index (χ3v) is 12.9. The number of hydrogen-bond donors (Lipinski definition) is 1. The van der Waals surface area contributed by atoms with E-state index in [4.69, 9.17) is 0 Å². The minimum Gasteiger partial charge on any atom is -0.354 e. The summed E-state index contributed by atoms with van der Waals surface area (Å²) in [5, 5.41) is 7.97. The van der Waals surface area contributed by atoms with Gasteiger partial charge in [-0.05, 0) is 83.3 Å². The van der Waals surface area contributed by atoms with Crippen molar-refractivity contribution >= 4 is 88.4 Å². The maximum absolute atomic E-state index is 4.01. The molecule has 0 bridgehead atoms. The lowest BCUT2D eigenvalue weighted by Gasteiger charge is -2.09. The lowest BCUT2D eigenvalue weighted by atomic mass is 9.94. The first kappa shape index (κ1) is 38.0. The van der Waals surface area contributed by atoms with Crippen molar-refractivity contribution in [1.29, 1.82) is 0 Å². The van der Waals surface area contributed by atoms with Crippen LogP contribution in [0.3, 0.4) is 0 Å². The van der Waals surface area contributed by atoms with Crippen molar-refractivity contribution in [2.75, 3.05) is 0 Å². The first-order chi connectivity index (χ1) is 27.7. The van der Waals surface area contributed by atoms with Crippen LogP contribution in [0.1, 0.15) is 124 Å². The Kier molecular flexibility index (Phi) is 12.4. The summed E-state index contributed by atoms with van der Waals surface area (Å²) in [5.74, 6) is 0. The second kappa shape index (κ2) is 18.4. The number of nitrogens with one attached hydrogen (secondary N) is 1. The highest BCUT2D eigenvalue weighted by Gasteiger charge is 2.19. The van der Waals surface area contributed by atoms with Crippen molar-refractivity contribution < 1.29 is 0 Å². The van der Waals surface area contributed by atoms with E-state index >= 15 is 0 Å². The highest BCUT2D eigenvalue weighted by molar-refractivity contribution is 7.26. The second-order valence-corrected chi connectivity index (χ2v) is 17.0. The van der Waals surface area contributed by atoms with Crippen LogP contribution in [-0.2, 0) is 12.8 Å². The molecule has 2 aromatic heterocycles. The van der Waals surface area contributed by atoms with Gasteiger partial charge in [0.25, 0.3) is 0 Å². The number of rotatable bonds is 18. The van der Waals surface area contributed by atoms with Gasteiger partial charge in [0.2, 0.25) is 0 Å². The Balaban J connectivity index is 1.28. The average Bonchev–Trinajstić information content (AvgIpc) is 3.82. The predicted octanol–water partition coefficient (Wildman–Crippen LogP) is 17.0. The summed E-state index contributed by atoms with van der Waals surface area (Å²) in [6.45, 7) is 4.59. The zero-order chi connectivity index (χ0) is 38.1. The van der Waals surface area contributed by atoms with Crippen LogP contribution in [0.15, 0.2) is 109 Å². The van der Waals surface area contributed by atoms with E-state index in [0.717, 1.165) is 12.8 Å². The third kappa shape index (κ3) is 8.57. The molecule has 0 amide bonds. The number of unbranched alkanes of at least 4 members (excludes halogenated alkanes) is 10. The normalized spacial score (nSPS) is 12.2. The summed E-state index contributed by atoms with van der Waals surface area (Å²) in [6.07, 6.45) is 27.4. The number of H-pyrrole nitrogens is 1. The van der Waals surface area contributed by atoms with E-state index in [2.05, 4.69) is 152 Å². The molecule has 56 heavy (non-hydrogen) atoms.